The second-order valence-electron chi connectivity index (χ2n) is 4.55. The number of rotatable bonds is 3. The van der Waals surface area contributed by atoms with Gasteiger partial charge in [0, 0.05) is 26.8 Å². The Labute approximate surface area is 136 Å². The van der Waals surface area contributed by atoms with Crippen LogP contribution in [0.2, 0.25) is 0 Å². The summed E-state index contributed by atoms with van der Waals surface area (Å²) in [4.78, 5) is 29.8. The Morgan fingerprint density at radius 2 is 1.91 bits per heavy atom. The summed E-state index contributed by atoms with van der Waals surface area (Å²) >= 11 is 3.27. The number of anilines is 2. The number of halogens is 1. The molecule has 116 valence electrons. The summed E-state index contributed by atoms with van der Waals surface area (Å²) in [5.41, 5.74) is 0.945. The molecular weight excluding hydrogens is 350 g/mol. The molecule has 1 aromatic heterocycles. The maximum absolute atomic E-state index is 12.5. The van der Waals surface area contributed by atoms with Crippen LogP contribution < -0.4 is 15.5 Å². The third kappa shape index (κ3) is 3.11. The fourth-order valence-corrected chi connectivity index (χ4v) is 2.27. The first kappa shape index (κ1) is 16.0. The van der Waals surface area contributed by atoms with Gasteiger partial charge < -0.3 is 15.2 Å². The molecule has 3 amide bonds. The van der Waals surface area contributed by atoms with E-state index < -0.39 is 0 Å². The van der Waals surface area contributed by atoms with Gasteiger partial charge in [-0.15, -0.1) is 0 Å². The van der Waals surface area contributed by atoms with E-state index in [0.717, 1.165) is 0 Å². The zero-order valence-electron chi connectivity index (χ0n) is 12.4. The standard InChI is InChI=1S/C14H16BrN5O2/c1-16-14(22)20(3)11-10(19(2)13(15)18-11)12(21)17-9-7-5-4-6-8-9/h4-8H,1-3H3,(H,16,22)(H,17,21). The zero-order chi connectivity index (χ0) is 16.3. The number of aromatic nitrogens is 2. The van der Waals surface area contributed by atoms with Crippen molar-refractivity contribution in [1.82, 2.24) is 14.9 Å². The molecule has 22 heavy (non-hydrogen) atoms. The third-order valence-electron chi connectivity index (χ3n) is 3.11. The molecule has 0 fully saturated rings. The number of hydrogen-bond acceptors (Lipinski definition) is 3. The highest BCUT2D eigenvalue weighted by Gasteiger charge is 2.25. The number of amides is 3. The highest BCUT2D eigenvalue weighted by Crippen LogP contribution is 2.24. The van der Waals surface area contributed by atoms with Crippen LogP contribution in [0.25, 0.3) is 0 Å². The molecule has 0 saturated carbocycles. The summed E-state index contributed by atoms with van der Waals surface area (Å²) in [5, 5.41) is 5.28. The zero-order valence-corrected chi connectivity index (χ0v) is 14.0. The molecule has 0 bridgehead atoms. The quantitative estimate of drug-likeness (QED) is 0.874. The fourth-order valence-electron chi connectivity index (χ4n) is 1.92. The van der Waals surface area contributed by atoms with Crippen molar-refractivity contribution in [2.24, 2.45) is 7.05 Å². The van der Waals surface area contributed by atoms with E-state index in [0.29, 0.717) is 10.4 Å². The van der Waals surface area contributed by atoms with Crippen LogP contribution in [0.1, 0.15) is 10.5 Å². The number of imidazole rings is 1. The van der Waals surface area contributed by atoms with Crippen LogP contribution >= 0.6 is 15.9 Å². The highest BCUT2D eigenvalue weighted by molar-refractivity contribution is 9.10. The molecule has 2 rings (SSSR count). The van der Waals surface area contributed by atoms with Gasteiger partial charge in [0.15, 0.2) is 16.2 Å². The number of benzene rings is 1. The van der Waals surface area contributed by atoms with Gasteiger partial charge in [0.25, 0.3) is 5.91 Å². The van der Waals surface area contributed by atoms with Gasteiger partial charge in [0.05, 0.1) is 0 Å². The maximum atomic E-state index is 12.5. The van der Waals surface area contributed by atoms with Crippen LogP contribution in [-0.4, -0.2) is 35.6 Å². The van der Waals surface area contributed by atoms with Crippen molar-refractivity contribution in [3.8, 4) is 0 Å². The summed E-state index contributed by atoms with van der Waals surface area (Å²) in [6.07, 6.45) is 0. The normalized spacial score (nSPS) is 10.2. The number of carbonyl (C=O) groups excluding carboxylic acids is 2. The number of urea groups is 1. The second-order valence-corrected chi connectivity index (χ2v) is 5.26. The lowest BCUT2D eigenvalue weighted by molar-refractivity contribution is 0.102. The Balaban J connectivity index is 2.37. The Kier molecular flexibility index (Phi) is 4.81. The Morgan fingerprint density at radius 3 is 2.50 bits per heavy atom. The molecular formula is C14H16BrN5O2. The molecule has 0 aliphatic heterocycles. The second kappa shape index (κ2) is 6.61. The third-order valence-corrected chi connectivity index (χ3v) is 3.81. The molecule has 2 N–H and O–H groups in total. The predicted octanol–water partition coefficient (Wildman–Crippen LogP) is 2.21. The van der Waals surface area contributed by atoms with Crippen molar-refractivity contribution < 1.29 is 9.59 Å². The molecule has 2 aromatic rings. The molecule has 0 saturated heterocycles. The van der Waals surface area contributed by atoms with Crippen molar-refractivity contribution >= 4 is 39.4 Å². The van der Waals surface area contributed by atoms with E-state index in [1.54, 1.807) is 30.8 Å². The first-order chi connectivity index (χ1) is 10.5. The largest absolute Gasteiger partial charge is 0.341 e. The van der Waals surface area contributed by atoms with Crippen LogP contribution in [0.15, 0.2) is 35.1 Å². The Hall–Kier alpha value is -2.35. The first-order valence-corrected chi connectivity index (χ1v) is 7.29. The molecule has 0 aliphatic carbocycles. The molecule has 0 radical (unpaired) electrons. The van der Waals surface area contributed by atoms with Crippen molar-refractivity contribution in [2.45, 2.75) is 0 Å². The molecule has 8 heteroatoms. The smallest absolute Gasteiger partial charge is 0.322 e. The summed E-state index contributed by atoms with van der Waals surface area (Å²) in [6.45, 7) is 0. The summed E-state index contributed by atoms with van der Waals surface area (Å²) in [5.74, 6) is -0.0835. The van der Waals surface area contributed by atoms with Gasteiger partial charge in [-0.2, -0.15) is 0 Å². The summed E-state index contributed by atoms with van der Waals surface area (Å²) < 4.78 is 2.03. The molecule has 7 nitrogen and oxygen atoms in total. The topological polar surface area (TPSA) is 79.3 Å². The lowest BCUT2D eigenvalue weighted by Crippen LogP contribution is -2.36. The average Bonchev–Trinajstić information content (AvgIpc) is 2.82. The minimum Gasteiger partial charge on any atom is -0.341 e. The number of carbonyl (C=O) groups is 2. The minimum atomic E-state index is -0.362. The fraction of sp³-hybridized carbons (Fsp3) is 0.214. The van der Waals surface area contributed by atoms with Crippen molar-refractivity contribution in [3.63, 3.8) is 0 Å². The van der Waals surface area contributed by atoms with Gasteiger partial charge >= 0.3 is 6.03 Å². The highest BCUT2D eigenvalue weighted by atomic mass is 79.9. The van der Waals surface area contributed by atoms with E-state index in [4.69, 9.17) is 0 Å². The van der Waals surface area contributed by atoms with Crippen LogP contribution in [-0.2, 0) is 7.05 Å². The van der Waals surface area contributed by atoms with Gasteiger partial charge in [-0.3, -0.25) is 9.69 Å². The van der Waals surface area contributed by atoms with Crippen LogP contribution in [0.4, 0.5) is 16.3 Å². The molecule has 0 unspecified atom stereocenters. The number of para-hydroxylation sites is 1. The Bertz CT molecular complexity index is 699. The van der Waals surface area contributed by atoms with Gasteiger partial charge in [0.2, 0.25) is 0 Å². The number of hydrogen-bond donors (Lipinski definition) is 2. The molecule has 1 aromatic carbocycles. The molecule has 0 atom stereocenters. The van der Waals surface area contributed by atoms with Crippen molar-refractivity contribution in [1.29, 1.82) is 0 Å². The van der Waals surface area contributed by atoms with E-state index >= 15 is 0 Å². The Morgan fingerprint density at radius 1 is 1.27 bits per heavy atom. The van der Waals surface area contributed by atoms with Crippen molar-refractivity contribution in [3.05, 3.63) is 40.8 Å². The van der Waals surface area contributed by atoms with E-state index in [1.807, 2.05) is 18.2 Å². The van der Waals surface area contributed by atoms with Gasteiger partial charge in [-0.05, 0) is 28.1 Å². The number of nitrogens with zero attached hydrogens (tertiary/aromatic N) is 3. The van der Waals surface area contributed by atoms with Gasteiger partial charge in [-0.1, -0.05) is 18.2 Å². The minimum absolute atomic E-state index is 0.266. The number of nitrogens with one attached hydrogen (secondary N) is 2. The first-order valence-electron chi connectivity index (χ1n) is 6.49. The van der Waals surface area contributed by atoms with E-state index in [9.17, 15) is 9.59 Å². The van der Waals surface area contributed by atoms with Gasteiger partial charge in [-0.25, -0.2) is 9.78 Å². The van der Waals surface area contributed by atoms with Crippen LogP contribution in [0.3, 0.4) is 0 Å². The monoisotopic (exact) mass is 365 g/mol. The predicted molar refractivity (Wildman–Crippen MR) is 88.2 cm³/mol. The molecule has 0 spiro atoms. The van der Waals surface area contributed by atoms with E-state index in [1.165, 1.54) is 11.9 Å². The summed E-state index contributed by atoms with van der Waals surface area (Å²) in [6, 6.07) is 8.72. The van der Waals surface area contributed by atoms with Crippen LogP contribution in [0, 0.1) is 0 Å². The lowest BCUT2D eigenvalue weighted by atomic mass is 10.3. The van der Waals surface area contributed by atoms with Crippen LogP contribution in [0.5, 0.6) is 0 Å². The molecule has 0 aliphatic rings. The average molecular weight is 366 g/mol. The maximum Gasteiger partial charge on any atom is 0.322 e. The van der Waals surface area contributed by atoms with Gasteiger partial charge in [0.1, 0.15) is 0 Å². The summed E-state index contributed by atoms with van der Waals surface area (Å²) in [7, 11) is 4.76. The van der Waals surface area contributed by atoms with E-state index in [2.05, 4.69) is 31.5 Å². The lowest BCUT2D eigenvalue weighted by Gasteiger charge is -2.16. The SMILES string of the molecule is CNC(=O)N(C)c1nc(Br)n(C)c1C(=O)Nc1ccccc1. The molecule has 1 heterocycles. The van der Waals surface area contributed by atoms with E-state index in [-0.39, 0.29) is 23.5 Å². The van der Waals surface area contributed by atoms with Crippen molar-refractivity contribution in [2.75, 3.05) is 24.3 Å².